The molecular formula is C33H32N6O. The summed E-state index contributed by atoms with van der Waals surface area (Å²) >= 11 is 0. The lowest BCUT2D eigenvalue weighted by Gasteiger charge is -2.43. The zero-order valence-corrected chi connectivity index (χ0v) is 23.2. The molecule has 6 rings (SSSR count). The van der Waals surface area contributed by atoms with Gasteiger partial charge in [-0.25, -0.2) is 4.68 Å². The van der Waals surface area contributed by atoms with Crippen molar-refractivity contribution in [3.63, 3.8) is 0 Å². The summed E-state index contributed by atoms with van der Waals surface area (Å²) in [5.41, 5.74) is 12.9. The molecule has 40 heavy (non-hydrogen) atoms. The van der Waals surface area contributed by atoms with Crippen molar-refractivity contribution >= 4 is 11.5 Å². The Kier molecular flexibility index (Phi) is 5.99. The van der Waals surface area contributed by atoms with Crippen LogP contribution in [0, 0.1) is 30.6 Å². The average Bonchev–Trinajstić information content (AvgIpc) is 3.56. The lowest BCUT2D eigenvalue weighted by molar-refractivity contribution is -0.118. The highest BCUT2D eigenvalue weighted by Gasteiger charge is 2.46. The van der Waals surface area contributed by atoms with Crippen LogP contribution in [0.5, 0.6) is 0 Å². The molecule has 1 aliphatic carbocycles. The third-order valence-electron chi connectivity index (χ3n) is 7.89. The van der Waals surface area contributed by atoms with Crippen molar-refractivity contribution in [2.24, 2.45) is 11.1 Å². The Hall–Kier alpha value is -4.83. The maximum atomic E-state index is 14.1. The lowest BCUT2D eigenvalue weighted by Crippen LogP contribution is -2.42. The number of nitriles is 1. The number of hydrogen-bond donors (Lipinski definition) is 1. The van der Waals surface area contributed by atoms with E-state index in [9.17, 15) is 10.1 Å². The van der Waals surface area contributed by atoms with Gasteiger partial charge in [0.15, 0.2) is 5.78 Å². The molecule has 0 bridgehead atoms. The largest absolute Gasteiger partial charge is 0.384 e. The minimum absolute atomic E-state index is 0.0407. The number of Topliss-reactive ketones (excluding diaryl/α,β-unsaturated/α-hetero) is 1. The topological polar surface area (TPSA) is 92.9 Å². The van der Waals surface area contributed by atoms with Crippen molar-refractivity contribution in [3.05, 3.63) is 119 Å². The summed E-state index contributed by atoms with van der Waals surface area (Å²) in [5, 5.41) is 15.6. The number of rotatable bonds is 4. The normalized spacial score (nSPS) is 18.6. The fourth-order valence-corrected chi connectivity index (χ4v) is 6.12. The van der Waals surface area contributed by atoms with Gasteiger partial charge in [0.25, 0.3) is 0 Å². The number of allylic oxidation sites excluding steroid dienone is 3. The van der Waals surface area contributed by atoms with Gasteiger partial charge in [-0.2, -0.15) is 10.4 Å². The predicted octanol–water partition coefficient (Wildman–Crippen LogP) is 6.22. The molecule has 2 aliphatic rings. The molecule has 2 aromatic heterocycles. The Balaban J connectivity index is 1.67. The smallest absolute Gasteiger partial charge is 0.162 e. The number of carbonyl (C=O) groups excluding carboxylic acids is 1. The SMILES string of the molecule is Cc1ccc(N2C(N)=C(C#N)C(c3c(C)nn(-c4ccccc4)c3-n3cccc3)C3=C2CC(C)(C)CC3=O)cc1. The maximum Gasteiger partial charge on any atom is 0.162 e. The number of nitrogens with zero attached hydrogens (tertiary/aromatic N) is 5. The first-order chi connectivity index (χ1) is 19.2. The quantitative estimate of drug-likeness (QED) is 0.339. The van der Waals surface area contributed by atoms with E-state index in [0.717, 1.165) is 39.7 Å². The van der Waals surface area contributed by atoms with E-state index in [-0.39, 0.29) is 11.2 Å². The number of para-hydroxylation sites is 1. The molecular weight excluding hydrogens is 496 g/mol. The highest BCUT2D eigenvalue weighted by Crippen LogP contribution is 2.51. The second-order valence-corrected chi connectivity index (χ2v) is 11.5. The van der Waals surface area contributed by atoms with Crippen LogP contribution in [0.3, 0.4) is 0 Å². The number of aryl methyl sites for hydroxylation is 2. The third-order valence-corrected chi connectivity index (χ3v) is 7.89. The van der Waals surface area contributed by atoms with Gasteiger partial charge in [-0.3, -0.25) is 9.69 Å². The molecule has 7 heteroatoms. The van der Waals surface area contributed by atoms with Crippen LogP contribution < -0.4 is 10.6 Å². The molecule has 1 atom stereocenters. The number of nitrogens with two attached hydrogens (primary N) is 1. The molecule has 200 valence electrons. The molecule has 0 radical (unpaired) electrons. The summed E-state index contributed by atoms with van der Waals surface area (Å²) < 4.78 is 3.89. The lowest BCUT2D eigenvalue weighted by atomic mass is 9.68. The van der Waals surface area contributed by atoms with Crippen LogP contribution in [-0.2, 0) is 4.79 Å². The number of benzene rings is 2. The Bertz CT molecular complexity index is 1710. The molecule has 0 fully saturated rings. The van der Waals surface area contributed by atoms with Gasteiger partial charge >= 0.3 is 0 Å². The number of carbonyl (C=O) groups is 1. The number of ketones is 1. The highest BCUT2D eigenvalue weighted by molar-refractivity contribution is 6.02. The summed E-state index contributed by atoms with van der Waals surface area (Å²) in [5.74, 6) is 0.539. The van der Waals surface area contributed by atoms with Gasteiger partial charge in [-0.15, -0.1) is 0 Å². The fraction of sp³-hybridized carbons (Fsp3) is 0.242. The van der Waals surface area contributed by atoms with Crippen LogP contribution in [0.2, 0.25) is 0 Å². The van der Waals surface area contributed by atoms with Crippen molar-refractivity contribution in [2.75, 3.05) is 4.90 Å². The van der Waals surface area contributed by atoms with E-state index in [1.807, 2.05) is 107 Å². The van der Waals surface area contributed by atoms with Crippen LogP contribution in [-0.4, -0.2) is 20.1 Å². The van der Waals surface area contributed by atoms with E-state index < -0.39 is 5.92 Å². The molecule has 0 amide bonds. The first-order valence-corrected chi connectivity index (χ1v) is 13.5. The summed E-state index contributed by atoms with van der Waals surface area (Å²) in [6.45, 7) is 8.20. The van der Waals surface area contributed by atoms with E-state index in [1.54, 1.807) is 0 Å². The minimum Gasteiger partial charge on any atom is -0.384 e. The van der Waals surface area contributed by atoms with E-state index in [2.05, 4.69) is 19.9 Å². The van der Waals surface area contributed by atoms with Crippen LogP contribution in [0.15, 0.2) is 102 Å². The summed E-state index contributed by atoms with van der Waals surface area (Å²) in [7, 11) is 0. The fourth-order valence-electron chi connectivity index (χ4n) is 6.12. The highest BCUT2D eigenvalue weighted by atomic mass is 16.1. The van der Waals surface area contributed by atoms with Crippen LogP contribution in [0.4, 0.5) is 5.69 Å². The average molecular weight is 529 g/mol. The van der Waals surface area contributed by atoms with Gasteiger partial charge in [0.05, 0.1) is 28.9 Å². The molecule has 4 aromatic rings. The standard InChI is InChI=1S/C33H32N6O/c1-21-12-14-23(15-13-21)38-26-18-33(3,4)19-27(40)30(26)29(25(20-34)31(38)35)28-22(2)36-39(24-10-6-5-7-11-24)32(28)37-16-8-9-17-37/h5-17,29H,18-19,35H2,1-4H3. The van der Waals surface area contributed by atoms with Gasteiger partial charge in [0.1, 0.15) is 11.6 Å². The van der Waals surface area contributed by atoms with Crippen molar-refractivity contribution in [1.29, 1.82) is 5.26 Å². The molecule has 0 spiro atoms. The molecule has 1 aliphatic heterocycles. The van der Waals surface area contributed by atoms with Gasteiger partial charge in [0, 0.05) is 41.3 Å². The monoisotopic (exact) mass is 528 g/mol. The van der Waals surface area contributed by atoms with Crippen LogP contribution in [0.1, 0.15) is 49.4 Å². The number of hydrogen-bond acceptors (Lipinski definition) is 5. The molecule has 0 saturated heterocycles. The van der Waals surface area contributed by atoms with Crippen LogP contribution >= 0.6 is 0 Å². The van der Waals surface area contributed by atoms with Gasteiger partial charge in [-0.1, -0.05) is 49.7 Å². The first kappa shape index (κ1) is 25.4. The first-order valence-electron chi connectivity index (χ1n) is 13.5. The van der Waals surface area contributed by atoms with Gasteiger partial charge < -0.3 is 10.3 Å². The van der Waals surface area contributed by atoms with E-state index in [1.165, 1.54) is 0 Å². The predicted molar refractivity (Wildman–Crippen MR) is 156 cm³/mol. The number of anilines is 1. The molecule has 2 N–H and O–H groups in total. The van der Waals surface area contributed by atoms with E-state index in [0.29, 0.717) is 29.8 Å². The maximum absolute atomic E-state index is 14.1. The molecule has 3 heterocycles. The van der Waals surface area contributed by atoms with Crippen molar-refractivity contribution in [3.8, 4) is 17.6 Å². The molecule has 0 saturated carbocycles. The third kappa shape index (κ3) is 4.04. The Labute approximate surface area is 234 Å². The minimum atomic E-state index is -0.639. The zero-order chi connectivity index (χ0) is 28.2. The summed E-state index contributed by atoms with van der Waals surface area (Å²) in [6.07, 6.45) is 4.97. The Morgan fingerprint density at radius 3 is 2.27 bits per heavy atom. The van der Waals surface area contributed by atoms with Crippen molar-refractivity contribution in [1.82, 2.24) is 14.3 Å². The van der Waals surface area contributed by atoms with E-state index in [4.69, 9.17) is 10.8 Å². The zero-order valence-electron chi connectivity index (χ0n) is 23.2. The van der Waals surface area contributed by atoms with Crippen molar-refractivity contribution in [2.45, 2.75) is 46.5 Å². The van der Waals surface area contributed by atoms with Gasteiger partial charge in [0.2, 0.25) is 0 Å². The molecule has 1 unspecified atom stereocenters. The summed E-state index contributed by atoms with van der Waals surface area (Å²) in [6, 6.07) is 24.3. The molecule has 7 nitrogen and oxygen atoms in total. The molecule has 2 aromatic carbocycles. The van der Waals surface area contributed by atoms with E-state index >= 15 is 0 Å². The van der Waals surface area contributed by atoms with Crippen LogP contribution in [0.25, 0.3) is 11.5 Å². The summed E-state index contributed by atoms with van der Waals surface area (Å²) in [4.78, 5) is 16.0. The van der Waals surface area contributed by atoms with Gasteiger partial charge in [-0.05, 0) is 62.1 Å². The Morgan fingerprint density at radius 2 is 1.62 bits per heavy atom. The second kappa shape index (κ2) is 9.42. The Morgan fingerprint density at radius 1 is 0.950 bits per heavy atom. The second-order valence-electron chi connectivity index (χ2n) is 11.5. The van der Waals surface area contributed by atoms with Crippen molar-refractivity contribution < 1.29 is 4.79 Å². The number of aromatic nitrogens is 3.